The lowest BCUT2D eigenvalue weighted by Gasteiger charge is -2.20. The fourth-order valence-corrected chi connectivity index (χ4v) is 2.97. The summed E-state index contributed by atoms with van der Waals surface area (Å²) in [5, 5.41) is 0.695. The van der Waals surface area contributed by atoms with Gasteiger partial charge in [0.1, 0.15) is 5.75 Å². The Morgan fingerprint density at radius 2 is 1.95 bits per heavy atom. The summed E-state index contributed by atoms with van der Waals surface area (Å²) in [6.45, 7) is 4.01. The highest BCUT2D eigenvalue weighted by atomic mass is 127. The van der Waals surface area contributed by atoms with Gasteiger partial charge in [0.15, 0.2) is 0 Å². The molecule has 0 saturated carbocycles. The van der Waals surface area contributed by atoms with E-state index in [-0.39, 0.29) is 12.1 Å². The highest BCUT2D eigenvalue weighted by Crippen LogP contribution is 2.30. The van der Waals surface area contributed by atoms with Crippen LogP contribution >= 0.6 is 34.2 Å². The smallest absolute Gasteiger partial charge is 0.120 e. The second-order valence-electron chi connectivity index (χ2n) is 5.00. The van der Waals surface area contributed by atoms with Gasteiger partial charge in [0.2, 0.25) is 0 Å². The van der Waals surface area contributed by atoms with E-state index in [0.29, 0.717) is 5.02 Å². The fourth-order valence-electron chi connectivity index (χ4n) is 2.14. The minimum atomic E-state index is -0.133. The second-order valence-corrected chi connectivity index (χ2v) is 6.60. The molecule has 112 valence electrons. The molecular formula is C16H18ClIN2O. The van der Waals surface area contributed by atoms with Gasteiger partial charge < -0.3 is 4.74 Å². The number of rotatable bonds is 5. The number of hydrazine groups is 1. The molecule has 0 amide bonds. The molecule has 0 bridgehead atoms. The Bertz CT molecular complexity index is 619. The zero-order valence-electron chi connectivity index (χ0n) is 11.9. The molecule has 1 atom stereocenters. The van der Waals surface area contributed by atoms with Crippen LogP contribution in [0, 0.1) is 3.57 Å². The van der Waals surface area contributed by atoms with Gasteiger partial charge in [-0.2, -0.15) is 0 Å². The first kappa shape index (κ1) is 16.5. The molecule has 3 N–H and O–H groups in total. The third kappa shape index (κ3) is 4.32. The SMILES string of the molecule is CC(C)Oc1cccc(C(NN)c2cc(Cl)ccc2I)c1. The number of halogens is 2. The molecule has 0 aliphatic carbocycles. The normalized spacial score (nSPS) is 12.5. The molecule has 0 aromatic heterocycles. The van der Waals surface area contributed by atoms with Crippen molar-refractivity contribution < 1.29 is 4.74 Å². The zero-order chi connectivity index (χ0) is 15.4. The van der Waals surface area contributed by atoms with Gasteiger partial charge in [-0.15, -0.1) is 0 Å². The summed E-state index contributed by atoms with van der Waals surface area (Å²) in [6.07, 6.45) is 0.135. The van der Waals surface area contributed by atoms with Gasteiger partial charge in [0, 0.05) is 8.59 Å². The van der Waals surface area contributed by atoms with Crippen molar-refractivity contribution in [1.82, 2.24) is 5.43 Å². The molecule has 0 spiro atoms. The Kier molecular flexibility index (Phi) is 5.87. The minimum absolute atomic E-state index is 0.133. The Hall–Kier alpha value is -0.820. The molecule has 5 heteroatoms. The van der Waals surface area contributed by atoms with Crippen LogP contribution in [0.5, 0.6) is 5.75 Å². The van der Waals surface area contributed by atoms with Crippen LogP contribution < -0.4 is 16.0 Å². The first-order valence-corrected chi connectivity index (χ1v) is 8.14. The fraction of sp³-hybridized carbons (Fsp3) is 0.250. The van der Waals surface area contributed by atoms with E-state index in [1.54, 1.807) is 0 Å². The summed E-state index contributed by atoms with van der Waals surface area (Å²) >= 11 is 8.39. The average molecular weight is 417 g/mol. The van der Waals surface area contributed by atoms with Crippen molar-refractivity contribution in [2.24, 2.45) is 5.84 Å². The predicted octanol–water partition coefficient (Wildman–Crippen LogP) is 4.28. The third-order valence-electron chi connectivity index (χ3n) is 3.00. The molecule has 0 saturated heterocycles. The van der Waals surface area contributed by atoms with E-state index in [9.17, 15) is 0 Å². The van der Waals surface area contributed by atoms with Gasteiger partial charge in [-0.05, 0) is 77.9 Å². The molecule has 0 aliphatic heterocycles. The molecule has 3 nitrogen and oxygen atoms in total. The molecule has 0 heterocycles. The highest BCUT2D eigenvalue weighted by Gasteiger charge is 2.16. The summed E-state index contributed by atoms with van der Waals surface area (Å²) in [4.78, 5) is 0. The van der Waals surface area contributed by atoms with Crippen LogP contribution in [0.3, 0.4) is 0 Å². The lowest BCUT2D eigenvalue weighted by Crippen LogP contribution is -2.29. The first-order chi connectivity index (χ1) is 10.0. The van der Waals surface area contributed by atoms with Gasteiger partial charge in [-0.25, -0.2) is 5.43 Å². The minimum Gasteiger partial charge on any atom is -0.491 e. The Balaban J connectivity index is 2.39. The maximum absolute atomic E-state index is 6.11. The van der Waals surface area contributed by atoms with E-state index >= 15 is 0 Å². The molecular weight excluding hydrogens is 399 g/mol. The quantitative estimate of drug-likeness (QED) is 0.434. The molecule has 2 aromatic rings. The molecule has 0 fully saturated rings. The van der Waals surface area contributed by atoms with E-state index < -0.39 is 0 Å². The van der Waals surface area contributed by atoms with Crippen LogP contribution in [0.2, 0.25) is 5.02 Å². The number of benzene rings is 2. The second kappa shape index (κ2) is 7.45. The lowest BCUT2D eigenvalue weighted by atomic mass is 9.99. The maximum Gasteiger partial charge on any atom is 0.120 e. The standard InChI is InChI=1S/C16H18ClIN2O/c1-10(2)21-13-5-3-4-11(8-13)16(20-19)14-9-12(17)6-7-15(14)18/h3-10,16,20H,19H2,1-2H3. The molecule has 0 aliphatic rings. The zero-order valence-corrected chi connectivity index (χ0v) is 14.9. The van der Waals surface area contributed by atoms with Gasteiger partial charge in [0.05, 0.1) is 12.1 Å². The first-order valence-electron chi connectivity index (χ1n) is 6.69. The Labute approximate surface area is 143 Å². The van der Waals surface area contributed by atoms with Crippen molar-refractivity contribution in [3.05, 3.63) is 62.2 Å². The summed E-state index contributed by atoms with van der Waals surface area (Å²) in [5.41, 5.74) is 4.95. The van der Waals surface area contributed by atoms with Crippen LogP contribution in [0.4, 0.5) is 0 Å². The van der Waals surface area contributed by atoms with Crippen LogP contribution in [0.1, 0.15) is 31.0 Å². The van der Waals surface area contributed by atoms with E-state index in [0.717, 1.165) is 20.4 Å². The van der Waals surface area contributed by atoms with E-state index in [1.807, 2.05) is 56.3 Å². The maximum atomic E-state index is 6.11. The van der Waals surface area contributed by atoms with Gasteiger partial charge >= 0.3 is 0 Å². The third-order valence-corrected chi connectivity index (χ3v) is 4.22. The number of hydrogen-bond donors (Lipinski definition) is 2. The van der Waals surface area contributed by atoms with Gasteiger partial charge in [-0.1, -0.05) is 23.7 Å². The number of hydrogen-bond acceptors (Lipinski definition) is 3. The van der Waals surface area contributed by atoms with Crippen molar-refractivity contribution in [2.45, 2.75) is 26.0 Å². The molecule has 0 radical (unpaired) electrons. The van der Waals surface area contributed by atoms with Crippen molar-refractivity contribution in [1.29, 1.82) is 0 Å². The lowest BCUT2D eigenvalue weighted by molar-refractivity contribution is 0.242. The summed E-state index contributed by atoms with van der Waals surface area (Å²) in [7, 11) is 0. The Morgan fingerprint density at radius 1 is 1.19 bits per heavy atom. The summed E-state index contributed by atoms with van der Waals surface area (Å²) in [5.74, 6) is 6.60. The highest BCUT2D eigenvalue weighted by molar-refractivity contribution is 14.1. The van der Waals surface area contributed by atoms with Crippen LogP contribution in [-0.2, 0) is 0 Å². The van der Waals surface area contributed by atoms with E-state index in [4.69, 9.17) is 22.2 Å². The van der Waals surface area contributed by atoms with Crippen molar-refractivity contribution in [3.8, 4) is 5.75 Å². The Morgan fingerprint density at radius 3 is 2.62 bits per heavy atom. The van der Waals surface area contributed by atoms with Crippen LogP contribution in [0.15, 0.2) is 42.5 Å². The van der Waals surface area contributed by atoms with Crippen molar-refractivity contribution in [2.75, 3.05) is 0 Å². The number of nitrogens with one attached hydrogen (secondary N) is 1. The average Bonchev–Trinajstić information content (AvgIpc) is 2.43. The largest absolute Gasteiger partial charge is 0.491 e. The number of ether oxygens (including phenoxy) is 1. The molecule has 21 heavy (non-hydrogen) atoms. The molecule has 2 aromatic carbocycles. The van der Waals surface area contributed by atoms with Crippen molar-refractivity contribution >= 4 is 34.2 Å². The molecule has 2 rings (SSSR count). The predicted molar refractivity (Wildman–Crippen MR) is 95.5 cm³/mol. The van der Waals surface area contributed by atoms with E-state index in [1.165, 1.54) is 0 Å². The topological polar surface area (TPSA) is 47.3 Å². The monoisotopic (exact) mass is 416 g/mol. The summed E-state index contributed by atoms with van der Waals surface area (Å²) < 4.78 is 6.85. The summed E-state index contributed by atoms with van der Waals surface area (Å²) in [6, 6.07) is 13.6. The van der Waals surface area contributed by atoms with Crippen LogP contribution in [-0.4, -0.2) is 6.10 Å². The van der Waals surface area contributed by atoms with Gasteiger partial charge in [0.25, 0.3) is 0 Å². The van der Waals surface area contributed by atoms with Gasteiger partial charge in [-0.3, -0.25) is 5.84 Å². The number of nitrogens with two attached hydrogens (primary N) is 1. The molecule has 1 unspecified atom stereocenters. The van der Waals surface area contributed by atoms with Crippen molar-refractivity contribution in [3.63, 3.8) is 0 Å². The van der Waals surface area contributed by atoms with E-state index in [2.05, 4.69) is 28.0 Å². The van der Waals surface area contributed by atoms with Crippen LogP contribution in [0.25, 0.3) is 0 Å².